The molecule has 1 aromatic rings. The summed E-state index contributed by atoms with van der Waals surface area (Å²) in [4.78, 5) is 14.7. The van der Waals surface area contributed by atoms with Gasteiger partial charge in [-0.05, 0) is 17.9 Å². The number of ether oxygens (including phenoxy) is 1. The molecule has 5 nitrogen and oxygen atoms in total. The molecule has 0 aliphatic carbocycles. The Balaban J connectivity index is 2.14. The lowest BCUT2D eigenvalue weighted by Crippen LogP contribution is -2.42. The number of sulfone groups is 1. The molecule has 2 rings (SSSR count). The van der Waals surface area contributed by atoms with Crippen LogP contribution >= 0.6 is 11.3 Å². The number of amides is 1. The van der Waals surface area contributed by atoms with Crippen LogP contribution in [0.1, 0.15) is 16.1 Å². The molecule has 1 aliphatic rings. The van der Waals surface area contributed by atoms with Crippen LogP contribution in [0.25, 0.3) is 0 Å². The number of methoxy groups -OCH3 is 1. The molecule has 7 heteroatoms. The predicted octanol–water partition coefficient (Wildman–Crippen LogP) is 1.02. The average Bonchev–Trinajstić information content (AvgIpc) is 2.99. The molecule has 1 fully saturated rings. The van der Waals surface area contributed by atoms with Crippen LogP contribution in [-0.2, 0) is 14.6 Å². The standard InChI is InChI=1S/C12H17NO4S2/c1-17-6-5-13(10-4-8-19(15,16)9-10)12(14)11-3-2-7-18-11/h2-3,7,10H,4-6,8-9H2,1H3. The third-order valence-corrected chi connectivity index (χ3v) is 5.79. The zero-order valence-corrected chi connectivity index (χ0v) is 12.4. The van der Waals surface area contributed by atoms with Crippen LogP contribution in [0.2, 0.25) is 0 Å². The molecular weight excluding hydrogens is 286 g/mol. The fourth-order valence-corrected chi connectivity index (χ4v) is 4.61. The molecule has 1 aromatic heterocycles. The normalized spacial score (nSPS) is 21.4. The first-order valence-electron chi connectivity index (χ1n) is 6.07. The van der Waals surface area contributed by atoms with E-state index >= 15 is 0 Å². The summed E-state index contributed by atoms with van der Waals surface area (Å²) in [5, 5.41) is 1.84. The van der Waals surface area contributed by atoms with E-state index in [1.807, 2.05) is 11.4 Å². The Hall–Kier alpha value is -0.920. The van der Waals surface area contributed by atoms with Gasteiger partial charge in [-0.1, -0.05) is 6.07 Å². The minimum absolute atomic E-state index is 0.0633. The monoisotopic (exact) mass is 303 g/mol. The maximum atomic E-state index is 12.4. The molecule has 1 atom stereocenters. The molecule has 1 saturated heterocycles. The summed E-state index contributed by atoms with van der Waals surface area (Å²) in [5.74, 6) is 0.126. The van der Waals surface area contributed by atoms with E-state index < -0.39 is 9.84 Å². The van der Waals surface area contributed by atoms with E-state index in [1.165, 1.54) is 11.3 Å². The van der Waals surface area contributed by atoms with E-state index in [2.05, 4.69) is 0 Å². The van der Waals surface area contributed by atoms with Crippen molar-refractivity contribution in [2.45, 2.75) is 12.5 Å². The van der Waals surface area contributed by atoms with Gasteiger partial charge in [0.1, 0.15) is 0 Å². The number of rotatable bonds is 5. The Labute approximate surface area is 117 Å². The molecule has 0 aromatic carbocycles. The minimum Gasteiger partial charge on any atom is -0.383 e. The molecule has 0 spiro atoms. The van der Waals surface area contributed by atoms with Gasteiger partial charge in [-0.25, -0.2) is 8.42 Å². The van der Waals surface area contributed by atoms with Crippen LogP contribution in [0.4, 0.5) is 0 Å². The second kappa shape index (κ2) is 6.02. The molecule has 0 bridgehead atoms. The van der Waals surface area contributed by atoms with Gasteiger partial charge in [0, 0.05) is 19.7 Å². The van der Waals surface area contributed by atoms with Gasteiger partial charge in [-0.15, -0.1) is 11.3 Å². The van der Waals surface area contributed by atoms with Crippen molar-refractivity contribution in [1.29, 1.82) is 0 Å². The van der Waals surface area contributed by atoms with Crippen molar-refractivity contribution in [2.75, 3.05) is 31.8 Å². The van der Waals surface area contributed by atoms with Crippen LogP contribution < -0.4 is 0 Å². The Morgan fingerprint density at radius 1 is 1.58 bits per heavy atom. The first-order valence-corrected chi connectivity index (χ1v) is 8.77. The van der Waals surface area contributed by atoms with Crippen molar-refractivity contribution in [3.63, 3.8) is 0 Å². The van der Waals surface area contributed by atoms with Gasteiger partial charge in [-0.2, -0.15) is 0 Å². The van der Waals surface area contributed by atoms with Gasteiger partial charge >= 0.3 is 0 Å². The van der Waals surface area contributed by atoms with E-state index in [9.17, 15) is 13.2 Å². The maximum absolute atomic E-state index is 12.4. The van der Waals surface area contributed by atoms with Gasteiger partial charge < -0.3 is 9.64 Å². The lowest BCUT2D eigenvalue weighted by atomic mass is 10.2. The van der Waals surface area contributed by atoms with Crippen molar-refractivity contribution >= 4 is 27.1 Å². The summed E-state index contributed by atoms with van der Waals surface area (Å²) in [6, 6.07) is 3.35. The number of carbonyl (C=O) groups excluding carboxylic acids is 1. The van der Waals surface area contributed by atoms with Crippen LogP contribution in [0, 0.1) is 0 Å². The number of nitrogens with zero attached hydrogens (tertiary/aromatic N) is 1. The molecular formula is C12H17NO4S2. The van der Waals surface area contributed by atoms with Gasteiger partial charge in [0.25, 0.3) is 5.91 Å². The maximum Gasteiger partial charge on any atom is 0.264 e. The Morgan fingerprint density at radius 3 is 2.89 bits per heavy atom. The van der Waals surface area contributed by atoms with E-state index in [-0.39, 0.29) is 23.5 Å². The van der Waals surface area contributed by atoms with Crippen LogP contribution in [0.5, 0.6) is 0 Å². The number of hydrogen-bond acceptors (Lipinski definition) is 5. The Morgan fingerprint density at radius 2 is 2.37 bits per heavy atom. The van der Waals surface area contributed by atoms with Gasteiger partial charge in [0.05, 0.1) is 23.0 Å². The summed E-state index contributed by atoms with van der Waals surface area (Å²) < 4.78 is 28.1. The zero-order chi connectivity index (χ0) is 13.9. The molecule has 1 aliphatic heterocycles. The SMILES string of the molecule is COCCN(C(=O)c1cccs1)C1CCS(=O)(=O)C1. The fourth-order valence-electron chi connectivity index (χ4n) is 2.20. The first-order chi connectivity index (χ1) is 9.03. The van der Waals surface area contributed by atoms with E-state index in [0.29, 0.717) is 24.4 Å². The van der Waals surface area contributed by atoms with Crippen molar-refractivity contribution < 1.29 is 17.9 Å². The van der Waals surface area contributed by atoms with E-state index in [1.54, 1.807) is 18.1 Å². The number of hydrogen-bond donors (Lipinski definition) is 0. The van der Waals surface area contributed by atoms with Crippen LogP contribution in [0.15, 0.2) is 17.5 Å². The molecule has 106 valence electrons. The summed E-state index contributed by atoms with van der Waals surface area (Å²) in [5.41, 5.74) is 0. The van der Waals surface area contributed by atoms with E-state index in [4.69, 9.17) is 4.74 Å². The predicted molar refractivity (Wildman–Crippen MR) is 74.3 cm³/mol. The molecule has 0 N–H and O–H groups in total. The third-order valence-electron chi connectivity index (χ3n) is 3.18. The number of carbonyl (C=O) groups is 1. The summed E-state index contributed by atoms with van der Waals surface area (Å²) in [6.45, 7) is 0.834. The highest BCUT2D eigenvalue weighted by atomic mass is 32.2. The number of thiophene rings is 1. The second-order valence-corrected chi connectivity index (χ2v) is 7.70. The second-order valence-electron chi connectivity index (χ2n) is 4.53. The summed E-state index contributed by atoms with van der Waals surface area (Å²) in [6.07, 6.45) is 0.517. The Kier molecular flexibility index (Phi) is 4.59. The molecule has 1 amide bonds. The quantitative estimate of drug-likeness (QED) is 0.815. The Bertz CT molecular complexity index is 524. The molecule has 1 unspecified atom stereocenters. The van der Waals surface area contributed by atoms with Crippen LogP contribution in [0.3, 0.4) is 0 Å². The smallest absolute Gasteiger partial charge is 0.264 e. The molecule has 2 heterocycles. The average molecular weight is 303 g/mol. The molecule has 19 heavy (non-hydrogen) atoms. The highest BCUT2D eigenvalue weighted by Gasteiger charge is 2.34. The van der Waals surface area contributed by atoms with Gasteiger partial charge in [0.15, 0.2) is 9.84 Å². The summed E-state index contributed by atoms with van der Waals surface area (Å²) in [7, 11) is -1.43. The zero-order valence-electron chi connectivity index (χ0n) is 10.7. The lowest BCUT2D eigenvalue weighted by Gasteiger charge is -2.27. The van der Waals surface area contributed by atoms with Crippen molar-refractivity contribution in [3.05, 3.63) is 22.4 Å². The van der Waals surface area contributed by atoms with Crippen molar-refractivity contribution in [2.24, 2.45) is 0 Å². The van der Waals surface area contributed by atoms with Crippen LogP contribution in [-0.4, -0.2) is 57.0 Å². The third kappa shape index (κ3) is 3.55. The molecule has 0 radical (unpaired) electrons. The van der Waals surface area contributed by atoms with Gasteiger partial charge in [0.2, 0.25) is 0 Å². The summed E-state index contributed by atoms with van der Waals surface area (Å²) >= 11 is 1.37. The fraction of sp³-hybridized carbons (Fsp3) is 0.583. The van der Waals surface area contributed by atoms with E-state index in [0.717, 1.165) is 0 Å². The topological polar surface area (TPSA) is 63.7 Å². The van der Waals surface area contributed by atoms with Crippen molar-refractivity contribution in [3.8, 4) is 0 Å². The lowest BCUT2D eigenvalue weighted by molar-refractivity contribution is 0.0629. The largest absolute Gasteiger partial charge is 0.383 e. The highest BCUT2D eigenvalue weighted by molar-refractivity contribution is 7.91. The molecule has 0 saturated carbocycles. The highest BCUT2D eigenvalue weighted by Crippen LogP contribution is 2.21. The minimum atomic E-state index is -3.00. The van der Waals surface area contributed by atoms with Gasteiger partial charge in [-0.3, -0.25) is 4.79 Å². The first kappa shape index (κ1) is 14.5. The van der Waals surface area contributed by atoms with Crippen molar-refractivity contribution in [1.82, 2.24) is 4.90 Å².